The van der Waals surface area contributed by atoms with Crippen LogP contribution in [-0.4, -0.2) is 36.8 Å². The van der Waals surface area contributed by atoms with E-state index in [2.05, 4.69) is 5.32 Å². The summed E-state index contributed by atoms with van der Waals surface area (Å²) in [6.07, 6.45) is -0.0461. The number of aliphatic hydroxyl groups is 1. The number of carbonyl (C=O) groups is 1. The third-order valence-corrected chi connectivity index (χ3v) is 2.95. The van der Waals surface area contributed by atoms with Gasteiger partial charge in [0.1, 0.15) is 5.82 Å². The molecule has 0 spiro atoms. The Morgan fingerprint density at radius 1 is 1.47 bits per heavy atom. The van der Waals surface area contributed by atoms with Gasteiger partial charge in [-0.1, -0.05) is 0 Å². The summed E-state index contributed by atoms with van der Waals surface area (Å²) in [6, 6.07) is 5.38. The van der Waals surface area contributed by atoms with Crippen LogP contribution in [0.15, 0.2) is 24.3 Å². The van der Waals surface area contributed by atoms with Gasteiger partial charge in [0.2, 0.25) is 5.91 Å². The van der Waals surface area contributed by atoms with Crippen LogP contribution in [0.4, 0.5) is 10.1 Å². The molecule has 1 amide bonds. The van der Waals surface area contributed by atoms with Crippen LogP contribution in [0.1, 0.15) is 6.42 Å². The number of aliphatic hydroxyl groups excluding tert-OH is 1. The van der Waals surface area contributed by atoms with Crippen molar-refractivity contribution < 1.29 is 14.3 Å². The Labute approximate surface area is 99.0 Å². The molecule has 4 nitrogen and oxygen atoms in total. The average molecular weight is 238 g/mol. The number of anilines is 1. The lowest BCUT2D eigenvalue weighted by atomic mass is 10.1. The molecule has 2 unspecified atom stereocenters. The minimum Gasteiger partial charge on any atom is -0.392 e. The van der Waals surface area contributed by atoms with Crippen molar-refractivity contribution in [3.05, 3.63) is 30.1 Å². The molecule has 5 heteroatoms. The Kier molecular flexibility index (Phi) is 3.40. The van der Waals surface area contributed by atoms with Crippen LogP contribution in [0.25, 0.3) is 0 Å². The molecule has 92 valence electrons. The predicted octanol–water partition coefficient (Wildman–Crippen LogP) is 0.511. The third kappa shape index (κ3) is 2.62. The van der Waals surface area contributed by atoms with Gasteiger partial charge in [-0.05, 0) is 30.7 Å². The lowest BCUT2D eigenvalue weighted by molar-refractivity contribution is -0.120. The van der Waals surface area contributed by atoms with E-state index in [1.165, 1.54) is 17.0 Å². The second kappa shape index (κ2) is 4.81. The highest BCUT2D eigenvalue weighted by atomic mass is 19.1. The monoisotopic (exact) mass is 238 g/mol. The molecule has 1 heterocycles. The lowest BCUT2D eigenvalue weighted by Crippen LogP contribution is -2.41. The number of benzene rings is 1. The van der Waals surface area contributed by atoms with E-state index >= 15 is 0 Å². The van der Waals surface area contributed by atoms with E-state index in [0.717, 1.165) is 0 Å². The Morgan fingerprint density at radius 3 is 2.65 bits per heavy atom. The Morgan fingerprint density at radius 2 is 2.12 bits per heavy atom. The molecule has 0 bridgehead atoms. The molecule has 0 saturated carbocycles. The van der Waals surface area contributed by atoms with Crippen LogP contribution in [0.3, 0.4) is 0 Å². The van der Waals surface area contributed by atoms with Crippen LogP contribution in [0, 0.1) is 5.82 Å². The van der Waals surface area contributed by atoms with Crippen LogP contribution in [0.2, 0.25) is 0 Å². The second-order valence-electron chi connectivity index (χ2n) is 4.22. The van der Waals surface area contributed by atoms with E-state index < -0.39 is 6.10 Å². The van der Waals surface area contributed by atoms with Crippen molar-refractivity contribution in [2.24, 2.45) is 0 Å². The van der Waals surface area contributed by atoms with E-state index in [0.29, 0.717) is 18.7 Å². The van der Waals surface area contributed by atoms with Gasteiger partial charge in [-0.2, -0.15) is 0 Å². The highest BCUT2D eigenvalue weighted by Gasteiger charge is 2.30. The number of likely N-dealkylation sites (N-methyl/N-ethyl adjacent to an activating group) is 1. The summed E-state index contributed by atoms with van der Waals surface area (Å²) in [4.78, 5) is 13.5. The zero-order valence-electron chi connectivity index (χ0n) is 9.56. The Balaban J connectivity index is 2.06. The molecule has 1 aromatic rings. The van der Waals surface area contributed by atoms with Gasteiger partial charge in [-0.15, -0.1) is 0 Å². The maximum absolute atomic E-state index is 12.8. The predicted molar refractivity (Wildman–Crippen MR) is 62.2 cm³/mol. The molecule has 0 aromatic heterocycles. The Bertz CT molecular complexity index is 407. The standard InChI is InChI=1S/C12H15FN2O2/c1-15(9-4-2-8(13)3-5-9)12(17)11-6-10(16)7-14-11/h2-5,10-11,14,16H,6-7H2,1H3. The number of rotatable bonds is 2. The maximum Gasteiger partial charge on any atom is 0.243 e. The lowest BCUT2D eigenvalue weighted by Gasteiger charge is -2.21. The molecular formula is C12H15FN2O2. The zero-order valence-corrected chi connectivity index (χ0v) is 9.56. The number of nitrogens with one attached hydrogen (secondary N) is 1. The SMILES string of the molecule is CN(C(=O)C1CC(O)CN1)c1ccc(F)cc1. The van der Waals surface area contributed by atoms with E-state index in [1.807, 2.05) is 0 Å². The van der Waals surface area contributed by atoms with Gasteiger partial charge in [0.15, 0.2) is 0 Å². The quantitative estimate of drug-likeness (QED) is 0.789. The summed E-state index contributed by atoms with van der Waals surface area (Å²) < 4.78 is 12.8. The minimum absolute atomic E-state index is 0.117. The first-order valence-corrected chi connectivity index (χ1v) is 5.52. The van der Waals surface area contributed by atoms with Crippen molar-refractivity contribution in [1.82, 2.24) is 5.32 Å². The van der Waals surface area contributed by atoms with Gasteiger partial charge in [-0.3, -0.25) is 4.79 Å². The van der Waals surface area contributed by atoms with Gasteiger partial charge >= 0.3 is 0 Å². The van der Waals surface area contributed by atoms with Crippen molar-refractivity contribution in [2.75, 3.05) is 18.5 Å². The van der Waals surface area contributed by atoms with Crippen molar-refractivity contribution >= 4 is 11.6 Å². The second-order valence-corrected chi connectivity index (χ2v) is 4.22. The number of hydrogen-bond acceptors (Lipinski definition) is 3. The molecule has 17 heavy (non-hydrogen) atoms. The first-order chi connectivity index (χ1) is 8.08. The molecule has 1 aliphatic heterocycles. The van der Waals surface area contributed by atoms with Crippen molar-refractivity contribution in [3.8, 4) is 0 Å². The number of hydrogen-bond donors (Lipinski definition) is 2. The van der Waals surface area contributed by atoms with Gasteiger partial charge in [-0.25, -0.2) is 4.39 Å². The topological polar surface area (TPSA) is 52.6 Å². The summed E-state index contributed by atoms with van der Waals surface area (Å²) in [5, 5.41) is 12.3. The smallest absolute Gasteiger partial charge is 0.243 e. The molecule has 2 atom stereocenters. The van der Waals surface area contributed by atoms with E-state index in [9.17, 15) is 14.3 Å². The summed E-state index contributed by atoms with van der Waals surface area (Å²) >= 11 is 0. The molecule has 2 N–H and O–H groups in total. The molecule has 2 rings (SSSR count). The normalized spacial score (nSPS) is 23.7. The highest BCUT2D eigenvalue weighted by molar-refractivity contribution is 5.96. The molecule has 1 aromatic carbocycles. The highest BCUT2D eigenvalue weighted by Crippen LogP contribution is 2.16. The molecule has 1 saturated heterocycles. The van der Waals surface area contributed by atoms with Crippen LogP contribution in [-0.2, 0) is 4.79 Å². The van der Waals surface area contributed by atoms with E-state index in [4.69, 9.17) is 0 Å². The fourth-order valence-corrected chi connectivity index (χ4v) is 1.93. The molecule has 0 radical (unpaired) electrons. The number of β-amino-alcohol motifs (C(OH)–C–C–N with tert-alkyl or cyclic N) is 1. The van der Waals surface area contributed by atoms with Crippen LogP contribution in [0.5, 0.6) is 0 Å². The van der Waals surface area contributed by atoms with E-state index in [1.54, 1.807) is 19.2 Å². The average Bonchev–Trinajstić information content (AvgIpc) is 2.75. The van der Waals surface area contributed by atoms with Crippen molar-refractivity contribution in [1.29, 1.82) is 0 Å². The van der Waals surface area contributed by atoms with Crippen LogP contribution >= 0.6 is 0 Å². The van der Waals surface area contributed by atoms with Gasteiger partial charge in [0, 0.05) is 19.3 Å². The van der Waals surface area contributed by atoms with Gasteiger partial charge < -0.3 is 15.3 Å². The largest absolute Gasteiger partial charge is 0.392 e. The summed E-state index contributed by atoms with van der Waals surface area (Å²) in [5.74, 6) is -0.447. The number of nitrogens with zero attached hydrogens (tertiary/aromatic N) is 1. The summed E-state index contributed by atoms with van der Waals surface area (Å²) in [5.41, 5.74) is 0.639. The fourth-order valence-electron chi connectivity index (χ4n) is 1.93. The first-order valence-electron chi connectivity index (χ1n) is 5.52. The molecule has 0 aliphatic carbocycles. The van der Waals surface area contributed by atoms with Gasteiger partial charge in [0.05, 0.1) is 12.1 Å². The third-order valence-electron chi connectivity index (χ3n) is 2.95. The van der Waals surface area contributed by atoms with Crippen molar-refractivity contribution in [2.45, 2.75) is 18.6 Å². The summed E-state index contributed by atoms with van der Waals surface area (Å²) in [6.45, 7) is 0.438. The van der Waals surface area contributed by atoms with Gasteiger partial charge in [0.25, 0.3) is 0 Å². The zero-order chi connectivity index (χ0) is 12.4. The van der Waals surface area contributed by atoms with Crippen LogP contribution < -0.4 is 10.2 Å². The molecule has 1 fully saturated rings. The minimum atomic E-state index is -0.467. The molecular weight excluding hydrogens is 223 g/mol. The fraction of sp³-hybridized carbons (Fsp3) is 0.417. The molecule has 1 aliphatic rings. The maximum atomic E-state index is 12.8. The summed E-state index contributed by atoms with van der Waals surface area (Å²) in [7, 11) is 1.64. The first kappa shape index (κ1) is 12.0. The van der Waals surface area contributed by atoms with E-state index in [-0.39, 0.29) is 17.8 Å². The number of amides is 1. The van der Waals surface area contributed by atoms with Crippen molar-refractivity contribution in [3.63, 3.8) is 0 Å². The number of halogens is 1. The number of carbonyl (C=O) groups excluding carboxylic acids is 1. The Hall–Kier alpha value is -1.46.